The first-order chi connectivity index (χ1) is 11.7. The molecule has 2 N–H and O–H groups in total. The van der Waals surface area contributed by atoms with E-state index in [-0.39, 0.29) is 5.91 Å². The van der Waals surface area contributed by atoms with E-state index in [0.29, 0.717) is 11.8 Å². The van der Waals surface area contributed by atoms with Gasteiger partial charge in [-0.05, 0) is 61.8 Å². The number of benzene rings is 1. The predicted octanol–water partition coefficient (Wildman–Crippen LogP) is 3.91. The van der Waals surface area contributed by atoms with Gasteiger partial charge in [0.15, 0.2) is 0 Å². The van der Waals surface area contributed by atoms with E-state index in [9.17, 15) is 4.79 Å². The number of imidazole rings is 1. The Kier molecular flexibility index (Phi) is 2.86. The molecule has 2 fully saturated rings. The Hall–Kier alpha value is -2.56. The summed E-state index contributed by atoms with van der Waals surface area (Å²) in [5.41, 5.74) is 5.96. The average molecular weight is 320 g/mol. The number of hydrogen-bond donors (Lipinski definition) is 2. The zero-order chi connectivity index (χ0) is 16.3. The molecule has 5 nitrogen and oxygen atoms in total. The van der Waals surface area contributed by atoms with Crippen molar-refractivity contribution in [3.05, 3.63) is 47.5 Å². The number of hydrogen-bond acceptors (Lipinski definition) is 2. The van der Waals surface area contributed by atoms with Crippen LogP contribution < -0.4 is 5.32 Å². The first-order valence-electron chi connectivity index (χ1n) is 8.64. The molecule has 3 aromatic rings. The zero-order valence-electron chi connectivity index (χ0n) is 13.7. The minimum absolute atomic E-state index is 0.0124. The molecule has 2 aliphatic rings. The predicted molar refractivity (Wildman–Crippen MR) is 93.4 cm³/mol. The van der Waals surface area contributed by atoms with Gasteiger partial charge in [0.1, 0.15) is 0 Å². The summed E-state index contributed by atoms with van der Waals surface area (Å²) in [7, 11) is 1.96. The number of rotatable bonds is 4. The van der Waals surface area contributed by atoms with Gasteiger partial charge >= 0.3 is 0 Å². The van der Waals surface area contributed by atoms with Gasteiger partial charge in [-0.1, -0.05) is 0 Å². The van der Waals surface area contributed by atoms with E-state index in [2.05, 4.69) is 21.4 Å². The van der Waals surface area contributed by atoms with E-state index in [1.54, 1.807) is 6.33 Å². The van der Waals surface area contributed by atoms with Crippen LogP contribution >= 0.6 is 0 Å². The molecule has 5 heteroatoms. The Balaban J connectivity index is 1.45. The number of nitrogens with one attached hydrogen (secondary N) is 2. The number of aromatic nitrogens is 3. The Morgan fingerprint density at radius 2 is 2.00 bits per heavy atom. The van der Waals surface area contributed by atoms with E-state index in [4.69, 9.17) is 0 Å². The van der Waals surface area contributed by atoms with Crippen molar-refractivity contribution in [2.75, 3.05) is 5.32 Å². The van der Waals surface area contributed by atoms with Crippen LogP contribution in [0.3, 0.4) is 0 Å². The lowest BCUT2D eigenvalue weighted by Crippen LogP contribution is -2.13. The van der Waals surface area contributed by atoms with Crippen molar-refractivity contribution in [3.8, 4) is 0 Å². The van der Waals surface area contributed by atoms with Crippen LogP contribution in [-0.2, 0) is 7.05 Å². The Morgan fingerprint density at radius 1 is 1.21 bits per heavy atom. The van der Waals surface area contributed by atoms with Gasteiger partial charge in [0.25, 0.3) is 5.91 Å². The van der Waals surface area contributed by atoms with Crippen LogP contribution in [0.4, 0.5) is 5.69 Å². The molecule has 0 radical (unpaired) electrons. The summed E-state index contributed by atoms with van der Waals surface area (Å²) in [4.78, 5) is 20.7. The van der Waals surface area contributed by atoms with Crippen molar-refractivity contribution in [2.45, 2.75) is 37.5 Å². The van der Waals surface area contributed by atoms with Crippen molar-refractivity contribution in [1.29, 1.82) is 0 Å². The fraction of sp³-hybridized carbons (Fsp3) is 0.368. The zero-order valence-corrected chi connectivity index (χ0v) is 13.7. The molecule has 2 saturated carbocycles. The number of amides is 1. The van der Waals surface area contributed by atoms with E-state index >= 15 is 0 Å². The van der Waals surface area contributed by atoms with Crippen LogP contribution in [0.15, 0.2) is 30.6 Å². The number of carbonyl (C=O) groups excluding carboxylic acids is 1. The normalized spacial score (nSPS) is 17.4. The van der Waals surface area contributed by atoms with E-state index in [1.165, 1.54) is 31.4 Å². The summed E-state index contributed by atoms with van der Waals surface area (Å²) in [5, 5.41) is 3.06. The molecule has 1 aromatic carbocycles. The summed E-state index contributed by atoms with van der Waals surface area (Å²) in [5.74, 6) is 1.16. The number of fused-ring (bicyclic) bond motifs is 1. The van der Waals surface area contributed by atoms with Gasteiger partial charge in [0.05, 0.1) is 22.9 Å². The number of H-pyrrole nitrogens is 1. The van der Waals surface area contributed by atoms with E-state index in [0.717, 1.165) is 28.0 Å². The SMILES string of the molecule is Cn1cnc2ccc(NC(=O)c3cc(C4CC4)[nH]c3C3CC3)cc21. The van der Waals surface area contributed by atoms with Gasteiger partial charge in [0.2, 0.25) is 0 Å². The van der Waals surface area contributed by atoms with Crippen molar-refractivity contribution in [1.82, 2.24) is 14.5 Å². The van der Waals surface area contributed by atoms with Crippen LogP contribution in [-0.4, -0.2) is 20.4 Å². The van der Waals surface area contributed by atoms with Crippen molar-refractivity contribution in [2.24, 2.45) is 7.05 Å². The summed E-state index contributed by atoms with van der Waals surface area (Å²) < 4.78 is 1.96. The molecule has 0 aliphatic heterocycles. The molecular formula is C19H20N4O. The van der Waals surface area contributed by atoms with Gasteiger partial charge < -0.3 is 14.9 Å². The highest BCUT2D eigenvalue weighted by atomic mass is 16.1. The van der Waals surface area contributed by atoms with Crippen LogP contribution in [0.1, 0.15) is 59.3 Å². The second kappa shape index (κ2) is 4.97. The highest BCUT2D eigenvalue weighted by molar-refractivity contribution is 6.06. The van der Waals surface area contributed by atoms with Gasteiger partial charge in [0, 0.05) is 24.1 Å². The lowest BCUT2D eigenvalue weighted by Gasteiger charge is -2.06. The molecule has 122 valence electrons. The average Bonchev–Trinajstić information content (AvgIpc) is 3.51. The number of anilines is 1. The first-order valence-corrected chi connectivity index (χ1v) is 8.64. The molecule has 1 amide bonds. The Labute approximate surface area is 140 Å². The van der Waals surface area contributed by atoms with E-state index < -0.39 is 0 Å². The molecule has 0 bridgehead atoms. The molecule has 0 spiro atoms. The van der Waals surface area contributed by atoms with Crippen molar-refractivity contribution >= 4 is 22.6 Å². The number of carbonyl (C=O) groups is 1. The fourth-order valence-electron chi connectivity index (χ4n) is 3.39. The van der Waals surface area contributed by atoms with Gasteiger partial charge in [-0.25, -0.2) is 4.98 Å². The highest BCUT2D eigenvalue weighted by Gasteiger charge is 2.33. The van der Waals surface area contributed by atoms with Gasteiger partial charge in [-0.3, -0.25) is 4.79 Å². The second-order valence-electron chi connectivity index (χ2n) is 7.11. The maximum atomic E-state index is 12.8. The third-order valence-electron chi connectivity index (χ3n) is 5.10. The Bertz CT molecular complexity index is 944. The van der Waals surface area contributed by atoms with Crippen LogP contribution in [0.2, 0.25) is 0 Å². The maximum absolute atomic E-state index is 12.8. The molecule has 2 aromatic heterocycles. The number of aryl methyl sites for hydroxylation is 1. The summed E-state index contributed by atoms with van der Waals surface area (Å²) in [6.07, 6.45) is 6.64. The lowest BCUT2D eigenvalue weighted by molar-refractivity contribution is 0.102. The minimum Gasteiger partial charge on any atom is -0.361 e. The molecule has 2 aliphatic carbocycles. The summed E-state index contributed by atoms with van der Waals surface area (Å²) >= 11 is 0. The number of nitrogens with zero attached hydrogens (tertiary/aromatic N) is 2. The monoisotopic (exact) mass is 320 g/mol. The standard InChI is InChI=1S/C19H20N4O/c1-23-10-20-15-7-6-13(8-17(15)23)21-19(24)14-9-16(11-2-3-11)22-18(14)12-4-5-12/h6-12,22H,2-5H2,1H3,(H,21,24). The molecule has 2 heterocycles. The van der Waals surface area contributed by atoms with Crippen LogP contribution in [0.5, 0.6) is 0 Å². The fourth-order valence-corrected chi connectivity index (χ4v) is 3.39. The van der Waals surface area contributed by atoms with Crippen LogP contribution in [0, 0.1) is 0 Å². The maximum Gasteiger partial charge on any atom is 0.257 e. The Morgan fingerprint density at radius 3 is 2.75 bits per heavy atom. The third kappa shape index (κ3) is 2.31. The second-order valence-corrected chi connectivity index (χ2v) is 7.11. The van der Waals surface area contributed by atoms with Gasteiger partial charge in [-0.15, -0.1) is 0 Å². The third-order valence-corrected chi connectivity index (χ3v) is 5.10. The highest BCUT2D eigenvalue weighted by Crippen LogP contribution is 2.45. The van der Waals surface area contributed by atoms with Gasteiger partial charge in [-0.2, -0.15) is 0 Å². The molecule has 0 atom stereocenters. The largest absolute Gasteiger partial charge is 0.361 e. The van der Waals surface area contributed by atoms with E-state index in [1.807, 2.05) is 29.8 Å². The molecule has 0 saturated heterocycles. The summed E-state index contributed by atoms with van der Waals surface area (Å²) in [6.45, 7) is 0. The molecule has 24 heavy (non-hydrogen) atoms. The molecule has 0 unspecified atom stereocenters. The topological polar surface area (TPSA) is 62.7 Å². The summed E-state index contributed by atoms with van der Waals surface area (Å²) in [6, 6.07) is 7.91. The van der Waals surface area contributed by atoms with Crippen LogP contribution in [0.25, 0.3) is 11.0 Å². The van der Waals surface area contributed by atoms with Crippen molar-refractivity contribution in [3.63, 3.8) is 0 Å². The van der Waals surface area contributed by atoms with Crippen molar-refractivity contribution < 1.29 is 4.79 Å². The number of aromatic amines is 1. The molecular weight excluding hydrogens is 300 g/mol. The lowest BCUT2D eigenvalue weighted by atomic mass is 10.1. The quantitative estimate of drug-likeness (QED) is 0.765. The molecule has 5 rings (SSSR count). The first kappa shape index (κ1) is 13.8. The smallest absolute Gasteiger partial charge is 0.257 e. The minimum atomic E-state index is -0.0124.